The lowest BCUT2D eigenvalue weighted by Crippen LogP contribution is -2.57. The van der Waals surface area contributed by atoms with E-state index in [1.807, 2.05) is 6.26 Å². The molecule has 1 N–H and O–H groups in total. The summed E-state index contributed by atoms with van der Waals surface area (Å²) in [5.74, 6) is 0.787. The predicted octanol–water partition coefficient (Wildman–Crippen LogP) is 0.0864. The van der Waals surface area contributed by atoms with Crippen LogP contribution in [-0.4, -0.2) is 47.9 Å². The van der Waals surface area contributed by atoms with Gasteiger partial charge in [0, 0.05) is 6.54 Å². The van der Waals surface area contributed by atoms with E-state index in [4.69, 9.17) is 0 Å². The fourth-order valence-electron chi connectivity index (χ4n) is 1.38. The molecular weight excluding hydrogens is 200 g/mol. The van der Waals surface area contributed by atoms with Crippen molar-refractivity contribution in [2.24, 2.45) is 0 Å². The highest BCUT2D eigenvalue weighted by Gasteiger charge is 2.30. The Morgan fingerprint density at radius 1 is 1.57 bits per heavy atom. The second-order valence-corrected chi connectivity index (χ2v) is 4.32. The first-order valence-corrected chi connectivity index (χ1v) is 6.12. The smallest absolute Gasteiger partial charge is 0.246 e. The van der Waals surface area contributed by atoms with E-state index in [1.165, 1.54) is 4.90 Å². The summed E-state index contributed by atoms with van der Waals surface area (Å²) in [6.45, 7) is 2.63. The summed E-state index contributed by atoms with van der Waals surface area (Å²) in [6.07, 6.45) is 2.90. The van der Waals surface area contributed by atoms with Gasteiger partial charge in [0.15, 0.2) is 0 Å². The van der Waals surface area contributed by atoms with Crippen LogP contribution in [0.25, 0.3) is 0 Å². The van der Waals surface area contributed by atoms with Gasteiger partial charge in [0.05, 0.1) is 12.6 Å². The normalized spacial score (nSPS) is 23.0. The van der Waals surface area contributed by atoms with Gasteiger partial charge < -0.3 is 0 Å². The molecule has 0 aromatic carbocycles. The minimum atomic E-state index is -0.220. The van der Waals surface area contributed by atoms with E-state index in [2.05, 4.69) is 5.32 Å². The van der Waals surface area contributed by atoms with E-state index in [9.17, 15) is 9.59 Å². The molecule has 2 amide bonds. The van der Waals surface area contributed by atoms with Crippen molar-refractivity contribution in [2.45, 2.75) is 19.4 Å². The van der Waals surface area contributed by atoms with Gasteiger partial charge in [-0.3, -0.25) is 19.8 Å². The van der Waals surface area contributed by atoms with Crippen molar-refractivity contribution in [1.82, 2.24) is 10.2 Å². The highest BCUT2D eigenvalue weighted by atomic mass is 32.2. The van der Waals surface area contributed by atoms with Crippen LogP contribution >= 0.6 is 11.8 Å². The molecule has 1 heterocycles. The molecule has 1 rings (SSSR count). The molecule has 1 aliphatic rings. The number of piperazine rings is 1. The Balaban J connectivity index is 2.46. The summed E-state index contributed by atoms with van der Waals surface area (Å²) in [7, 11) is 0. The average Bonchev–Trinajstić information content (AvgIpc) is 2.18. The first-order chi connectivity index (χ1) is 6.66. The zero-order chi connectivity index (χ0) is 10.6. The lowest BCUT2D eigenvalue weighted by molar-refractivity contribution is -0.148. The number of thioether (sulfide) groups is 1. The van der Waals surface area contributed by atoms with E-state index in [1.54, 1.807) is 18.7 Å². The Labute approximate surface area is 88.4 Å². The second-order valence-electron chi connectivity index (χ2n) is 3.33. The Morgan fingerprint density at radius 3 is 2.93 bits per heavy atom. The van der Waals surface area contributed by atoms with Crippen LogP contribution in [0.2, 0.25) is 0 Å². The van der Waals surface area contributed by atoms with Crippen molar-refractivity contribution in [2.75, 3.05) is 25.1 Å². The molecule has 14 heavy (non-hydrogen) atoms. The Hall–Kier alpha value is -0.550. The van der Waals surface area contributed by atoms with Gasteiger partial charge in [-0.15, -0.1) is 0 Å². The molecule has 80 valence electrons. The van der Waals surface area contributed by atoms with Gasteiger partial charge in [-0.25, -0.2) is 0 Å². The number of carbonyl (C=O) groups is 2. The van der Waals surface area contributed by atoms with E-state index in [0.29, 0.717) is 6.54 Å². The topological polar surface area (TPSA) is 49.4 Å². The Morgan fingerprint density at radius 2 is 2.29 bits per heavy atom. The van der Waals surface area contributed by atoms with E-state index >= 15 is 0 Å². The highest BCUT2D eigenvalue weighted by Crippen LogP contribution is 2.05. The summed E-state index contributed by atoms with van der Waals surface area (Å²) >= 11 is 1.73. The number of imide groups is 1. The molecule has 0 radical (unpaired) electrons. The SMILES string of the molecule is CSCCCN1C(=O)CNC(C)C1=O. The summed E-state index contributed by atoms with van der Waals surface area (Å²) in [5, 5.41) is 2.86. The minimum absolute atomic E-state index is 0.0950. The molecule has 0 saturated carbocycles. The molecule has 0 bridgehead atoms. The molecule has 1 unspecified atom stereocenters. The third-order valence-corrected chi connectivity index (χ3v) is 2.92. The summed E-state index contributed by atoms with van der Waals surface area (Å²) in [4.78, 5) is 24.3. The van der Waals surface area contributed by atoms with Crippen LogP contribution in [0.3, 0.4) is 0 Å². The van der Waals surface area contributed by atoms with Gasteiger partial charge in [-0.2, -0.15) is 11.8 Å². The lowest BCUT2D eigenvalue weighted by atomic mass is 10.2. The number of carbonyl (C=O) groups excluding carboxylic acids is 2. The number of nitrogens with zero attached hydrogens (tertiary/aromatic N) is 1. The van der Waals surface area contributed by atoms with Crippen LogP contribution in [0.1, 0.15) is 13.3 Å². The highest BCUT2D eigenvalue weighted by molar-refractivity contribution is 7.98. The molecular formula is C9H16N2O2S. The van der Waals surface area contributed by atoms with Crippen molar-refractivity contribution in [3.63, 3.8) is 0 Å². The molecule has 1 aliphatic heterocycles. The quantitative estimate of drug-likeness (QED) is 0.534. The molecule has 0 aromatic rings. The monoisotopic (exact) mass is 216 g/mol. The van der Waals surface area contributed by atoms with Crippen LogP contribution in [0, 0.1) is 0 Å². The van der Waals surface area contributed by atoms with Crippen LogP contribution < -0.4 is 5.32 Å². The molecule has 0 aliphatic carbocycles. The summed E-state index contributed by atoms with van der Waals surface area (Å²) in [6, 6.07) is -0.220. The Kier molecular flexibility index (Phi) is 4.41. The van der Waals surface area contributed by atoms with Crippen molar-refractivity contribution >= 4 is 23.6 Å². The number of hydrogen-bond donors (Lipinski definition) is 1. The molecule has 4 nitrogen and oxygen atoms in total. The second kappa shape index (κ2) is 5.36. The number of hydrogen-bond acceptors (Lipinski definition) is 4. The van der Waals surface area contributed by atoms with Gasteiger partial charge in [-0.1, -0.05) is 0 Å². The van der Waals surface area contributed by atoms with Crippen molar-refractivity contribution < 1.29 is 9.59 Å². The summed E-state index contributed by atoms with van der Waals surface area (Å²) in [5.41, 5.74) is 0. The predicted molar refractivity (Wildman–Crippen MR) is 57.2 cm³/mol. The number of amides is 2. The van der Waals surface area contributed by atoms with E-state index in [-0.39, 0.29) is 24.4 Å². The zero-order valence-corrected chi connectivity index (χ0v) is 9.39. The minimum Gasteiger partial charge on any atom is -0.298 e. The van der Waals surface area contributed by atoms with Crippen molar-refractivity contribution in [1.29, 1.82) is 0 Å². The van der Waals surface area contributed by atoms with Crippen molar-refractivity contribution in [3.05, 3.63) is 0 Å². The van der Waals surface area contributed by atoms with E-state index in [0.717, 1.165) is 12.2 Å². The molecule has 0 aromatic heterocycles. The Bertz CT molecular complexity index is 233. The first kappa shape index (κ1) is 11.5. The van der Waals surface area contributed by atoms with Gasteiger partial charge >= 0.3 is 0 Å². The zero-order valence-electron chi connectivity index (χ0n) is 8.58. The van der Waals surface area contributed by atoms with Gasteiger partial charge in [0.25, 0.3) is 0 Å². The van der Waals surface area contributed by atoms with Crippen LogP contribution in [0.5, 0.6) is 0 Å². The van der Waals surface area contributed by atoms with Crippen molar-refractivity contribution in [3.8, 4) is 0 Å². The fourth-order valence-corrected chi connectivity index (χ4v) is 1.80. The largest absolute Gasteiger partial charge is 0.298 e. The first-order valence-electron chi connectivity index (χ1n) is 4.73. The van der Waals surface area contributed by atoms with E-state index < -0.39 is 0 Å². The van der Waals surface area contributed by atoms with Gasteiger partial charge in [0.1, 0.15) is 0 Å². The molecule has 0 spiro atoms. The lowest BCUT2D eigenvalue weighted by Gasteiger charge is -2.29. The van der Waals surface area contributed by atoms with Crippen LogP contribution in [0.15, 0.2) is 0 Å². The van der Waals surface area contributed by atoms with Crippen LogP contribution in [-0.2, 0) is 9.59 Å². The van der Waals surface area contributed by atoms with Gasteiger partial charge in [0.2, 0.25) is 11.8 Å². The third kappa shape index (κ3) is 2.72. The maximum Gasteiger partial charge on any atom is 0.246 e. The average molecular weight is 216 g/mol. The number of rotatable bonds is 4. The fraction of sp³-hybridized carbons (Fsp3) is 0.778. The summed E-state index contributed by atoms with van der Waals surface area (Å²) < 4.78 is 0. The number of nitrogens with one attached hydrogen (secondary N) is 1. The van der Waals surface area contributed by atoms with Crippen LogP contribution in [0.4, 0.5) is 0 Å². The third-order valence-electron chi connectivity index (χ3n) is 2.23. The molecule has 1 fully saturated rings. The maximum absolute atomic E-state index is 11.6. The molecule has 1 atom stereocenters. The van der Waals surface area contributed by atoms with Gasteiger partial charge in [-0.05, 0) is 25.4 Å². The molecule has 5 heteroatoms. The maximum atomic E-state index is 11.6. The molecule has 1 saturated heterocycles. The standard InChI is InChI=1S/C9H16N2O2S/c1-7-9(13)11(4-3-5-14-2)8(12)6-10-7/h7,10H,3-6H2,1-2H3.